The van der Waals surface area contributed by atoms with Crippen molar-refractivity contribution in [1.29, 1.82) is 0 Å². The van der Waals surface area contributed by atoms with E-state index in [0.29, 0.717) is 33.5 Å². The third kappa shape index (κ3) is 4.26. The Balaban J connectivity index is 1.64. The lowest BCUT2D eigenvalue weighted by molar-refractivity contribution is 0.302. The highest BCUT2D eigenvalue weighted by atomic mass is 35.5. The molecule has 0 spiro atoms. The standard InChI is InChI=1S/C17H16Cl2FNO3S/c18-11-1-4-17-13(9-11)15(5-8-25(17,22)23)21-6-7-24-16-10-12(20)2-3-14(16)19/h1-4,9-10,15,21H,5-8H2. The molecule has 0 saturated carbocycles. The van der Waals surface area contributed by atoms with Crippen LogP contribution in [0.25, 0.3) is 0 Å². The zero-order valence-electron chi connectivity index (χ0n) is 13.1. The van der Waals surface area contributed by atoms with Crippen molar-refractivity contribution >= 4 is 33.0 Å². The van der Waals surface area contributed by atoms with Gasteiger partial charge in [0.15, 0.2) is 9.84 Å². The molecule has 2 aromatic rings. The largest absolute Gasteiger partial charge is 0.491 e. The minimum atomic E-state index is -3.26. The van der Waals surface area contributed by atoms with E-state index >= 15 is 0 Å². The van der Waals surface area contributed by atoms with Crippen LogP contribution < -0.4 is 10.1 Å². The molecular formula is C17H16Cl2FNO3S. The Morgan fingerprint density at radius 3 is 2.80 bits per heavy atom. The second-order valence-corrected chi connectivity index (χ2v) is 8.64. The van der Waals surface area contributed by atoms with Crippen LogP contribution in [0, 0.1) is 5.82 Å². The summed E-state index contributed by atoms with van der Waals surface area (Å²) in [6.45, 7) is 0.714. The van der Waals surface area contributed by atoms with Crippen LogP contribution in [0.2, 0.25) is 10.0 Å². The summed E-state index contributed by atoms with van der Waals surface area (Å²) in [5.74, 6) is -0.0675. The molecule has 1 aliphatic heterocycles. The summed E-state index contributed by atoms with van der Waals surface area (Å²) < 4.78 is 43.0. The number of sulfone groups is 1. The van der Waals surface area contributed by atoms with Crippen molar-refractivity contribution in [2.75, 3.05) is 18.9 Å². The van der Waals surface area contributed by atoms with E-state index in [1.54, 1.807) is 18.2 Å². The smallest absolute Gasteiger partial charge is 0.178 e. The highest BCUT2D eigenvalue weighted by Crippen LogP contribution is 2.34. The minimum Gasteiger partial charge on any atom is -0.491 e. The molecule has 1 aliphatic rings. The summed E-state index contributed by atoms with van der Waals surface area (Å²) in [5.41, 5.74) is 0.669. The van der Waals surface area contributed by atoms with E-state index in [-0.39, 0.29) is 24.2 Å². The Kier molecular flexibility index (Phi) is 5.53. The maximum Gasteiger partial charge on any atom is 0.178 e. The van der Waals surface area contributed by atoms with Gasteiger partial charge in [0.1, 0.15) is 18.2 Å². The van der Waals surface area contributed by atoms with E-state index in [2.05, 4.69) is 5.32 Å². The monoisotopic (exact) mass is 403 g/mol. The van der Waals surface area contributed by atoms with Crippen molar-refractivity contribution < 1.29 is 17.5 Å². The molecule has 1 heterocycles. The van der Waals surface area contributed by atoms with E-state index < -0.39 is 15.7 Å². The minimum absolute atomic E-state index is 0.0792. The van der Waals surface area contributed by atoms with Gasteiger partial charge in [-0.15, -0.1) is 0 Å². The van der Waals surface area contributed by atoms with E-state index in [9.17, 15) is 12.8 Å². The number of fused-ring (bicyclic) bond motifs is 1. The van der Waals surface area contributed by atoms with Crippen LogP contribution in [0.5, 0.6) is 5.75 Å². The Morgan fingerprint density at radius 1 is 1.20 bits per heavy atom. The molecular weight excluding hydrogens is 388 g/mol. The number of hydrogen-bond acceptors (Lipinski definition) is 4. The first-order chi connectivity index (χ1) is 11.9. The molecule has 0 aromatic heterocycles. The summed E-state index contributed by atoms with van der Waals surface area (Å²) in [6.07, 6.45) is 0.455. The first kappa shape index (κ1) is 18.5. The Bertz CT molecular complexity index is 889. The lowest BCUT2D eigenvalue weighted by Gasteiger charge is -2.26. The second-order valence-electron chi connectivity index (χ2n) is 5.72. The zero-order valence-corrected chi connectivity index (χ0v) is 15.5. The lowest BCUT2D eigenvalue weighted by atomic mass is 10.0. The van der Waals surface area contributed by atoms with Gasteiger partial charge in [0, 0.05) is 23.7 Å². The van der Waals surface area contributed by atoms with Crippen LogP contribution in [-0.4, -0.2) is 27.3 Å². The molecule has 4 nitrogen and oxygen atoms in total. The van der Waals surface area contributed by atoms with E-state index in [0.717, 1.165) is 0 Å². The molecule has 0 amide bonds. The number of ether oxygens (including phenoxy) is 1. The molecule has 0 fully saturated rings. The van der Waals surface area contributed by atoms with Crippen LogP contribution in [-0.2, 0) is 9.84 Å². The van der Waals surface area contributed by atoms with Crippen LogP contribution in [0.1, 0.15) is 18.0 Å². The fourth-order valence-electron chi connectivity index (χ4n) is 2.81. The van der Waals surface area contributed by atoms with Crippen molar-refractivity contribution in [1.82, 2.24) is 5.32 Å². The number of hydrogen-bond donors (Lipinski definition) is 1. The number of benzene rings is 2. The zero-order chi connectivity index (χ0) is 18.0. The Hall–Kier alpha value is -1.34. The van der Waals surface area contributed by atoms with Gasteiger partial charge in [0.05, 0.1) is 15.7 Å². The SMILES string of the molecule is O=S1(=O)CCC(NCCOc2cc(F)ccc2Cl)c2cc(Cl)ccc21. The molecule has 25 heavy (non-hydrogen) atoms. The fourth-order valence-corrected chi connectivity index (χ4v) is 4.76. The molecule has 1 unspecified atom stereocenters. The lowest BCUT2D eigenvalue weighted by Crippen LogP contribution is -2.32. The topological polar surface area (TPSA) is 55.4 Å². The number of rotatable bonds is 5. The van der Waals surface area contributed by atoms with E-state index in [4.69, 9.17) is 27.9 Å². The molecule has 134 valence electrons. The predicted octanol–water partition coefficient (Wildman–Crippen LogP) is 4.02. The number of nitrogens with one attached hydrogen (secondary N) is 1. The van der Waals surface area contributed by atoms with Gasteiger partial charge in [-0.3, -0.25) is 0 Å². The Morgan fingerprint density at radius 2 is 2.00 bits per heavy atom. The van der Waals surface area contributed by atoms with Crippen molar-refractivity contribution in [2.45, 2.75) is 17.4 Å². The van der Waals surface area contributed by atoms with Gasteiger partial charge in [0.25, 0.3) is 0 Å². The van der Waals surface area contributed by atoms with Gasteiger partial charge in [-0.1, -0.05) is 23.2 Å². The maximum absolute atomic E-state index is 13.2. The number of halogens is 3. The van der Waals surface area contributed by atoms with Gasteiger partial charge in [-0.05, 0) is 42.3 Å². The van der Waals surface area contributed by atoms with E-state index in [1.807, 2.05) is 0 Å². The molecule has 3 rings (SSSR count). The molecule has 2 aromatic carbocycles. The van der Waals surface area contributed by atoms with Crippen LogP contribution in [0.4, 0.5) is 4.39 Å². The third-order valence-corrected chi connectivity index (χ3v) is 6.36. The predicted molar refractivity (Wildman–Crippen MR) is 95.8 cm³/mol. The average molecular weight is 404 g/mol. The van der Waals surface area contributed by atoms with E-state index in [1.165, 1.54) is 18.2 Å². The first-order valence-electron chi connectivity index (χ1n) is 7.70. The molecule has 0 radical (unpaired) electrons. The molecule has 0 bridgehead atoms. The maximum atomic E-state index is 13.2. The van der Waals surface area contributed by atoms with Crippen LogP contribution in [0.3, 0.4) is 0 Å². The quantitative estimate of drug-likeness (QED) is 0.765. The summed E-state index contributed by atoms with van der Waals surface area (Å²) in [4.78, 5) is 0.315. The second kappa shape index (κ2) is 7.50. The molecule has 8 heteroatoms. The van der Waals surface area contributed by atoms with Crippen LogP contribution >= 0.6 is 23.2 Å². The van der Waals surface area contributed by atoms with Gasteiger partial charge in [-0.2, -0.15) is 0 Å². The van der Waals surface area contributed by atoms with Gasteiger partial charge in [-0.25, -0.2) is 12.8 Å². The van der Waals surface area contributed by atoms with Crippen molar-refractivity contribution in [3.8, 4) is 5.75 Å². The van der Waals surface area contributed by atoms with Crippen molar-refractivity contribution in [3.63, 3.8) is 0 Å². The van der Waals surface area contributed by atoms with Crippen molar-refractivity contribution in [2.24, 2.45) is 0 Å². The third-order valence-electron chi connectivity index (χ3n) is 4.00. The Labute approximate surface area is 155 Å². The normalized spacial score (nSPS) is 18.6. The van der Waals surface area contributed by atoms with Gasteiger partial charge >= 0.3 is 0 Å². The fraction of sp³-hybridized carbons (Fsp3) is 0.294. The highest BCUT2D eigenvalue weighted by molar-refractivity contribution is 7.91. The van der Waals surface area contributed by atoms with Crippen molar-refractivity contribution in [3.05, 3.63) is 57.8 Å². The average Bonchev–Trinajstić information content (AvgIpc) is 2.56. The summed E-state index contributed by atoms with van der Waals surface area (Å²) in [7, 11) is -3.26. The summed E-state index contributed by atoms with van der Waals surface area (Å²) >= 11 is 12.0. The molecule has 0 aliphatic carbocycles. The highest BCUT2D eigenvalue weighted by Gasteiger charge is 2.30. The first-order valence-corrected chi connectivity index (χ1v) is 10.1. The van der Waals surface area contributed by atoms with Crippen LogP contribution in [0.15, 0.2) is 41.3 Å². The summed E-state index contributed by atoms with van der Waals surface area (Å²) in [6, 6.07) is 8.59. The van der Waals surface area contributed by atoms with Gasteiger partial charge < -0.3 is 10.1 Å². The summed E-state index contributed by atoms with van der Waals surface area (Å²) in [5, 5.41) is 4.09. The molecule has 1 atom stereocenters. The molecule has 1 N–H and O–H groups in total. The van der Waals surface area contributed by atoms with Gasteiger partial charge in [0.2, 0.25) is 0 Å². The molecule has 0 saturated heterocycles.